The number of ether oxygens (including phenoxy) is 2. The van der Waals surface area contributed by atoms with Gasteiger partial charge < -0.3 is 19.7 Å². The molecule has 6 nitrogen and oxygen atoms in total. The summed E-state index contributed by atoms with van der Waals surface area (Å²) >= 11 is 0. The average Bonchev–Trinajstić information content (AvgIpc) is 3.28. The van der Waals surface area contributed by atoms with Crippen LogP contribution in [0.15, 0.2) is 48.5 Å². The number of nitrogens with zero attached hydrogens (tertiary/aromatic N) is 1. The molecule has 1 aliphatic rings. The highest BCUT2D eigenvalue weighted by Crippen LogP contribution is 2.28. The predicted octanol–water partition coefficient (Wildman–Crippen LogP) is 3.52. The molecule has 0 aliphatic carbocycles. The molecular formula is C23H26N2O4. The Morgan fingerprint density at radius 3 is 2.34 bits per heavy atom. The van der Waals surface area contributed by atoms with Crippen LogP contribution in [0.3, 0.4) is 0 Å². The first-order chi connectivity index (χ1) is 14.1. The second-order valence-electron chi connectivity index (χ2n) is 6.90. The van der Waals surface area contributed by atoms with Crippen LogP contribution in [0.2, 0.25) is 0 Å². The number of methoxy groups -OCH3 is 2. The van der Waals surface area contributed by atoms with E-state index in [1.165, 1.54) is 6.08 Å². The van der Waals surface area contributed by atoms with Crippen molar-refractivity contribution >= 4 is 23.6 Å². The largest absolute Gasteiger partial charge is 0.493 e. The zero-order chi connectivity index (χ0) is 20.6. The molecule has 29 heavy (non-hydrogen) atoms. The van der Waals surface area contributed by atoms with E-state index in [9.17, 15) is 9.59 Å². The van der Waals surface area contributed by atoms with Gasteiger partial charge in [-0.15, -0.1) is 0 Å². The van der Waals surface area contributed by atoms with Gasteiger partial charge in [0.15, 0.2) is 11.5 Å². The highest BCUT2D eigenvalue weighted by molar-refractivity contribution is 6.02. The van der Waals surface area contributed by atoms with Crippen molar-refractivity contribution in [2.24, 2.45) is 0 Å². The highest BCUT2D eigenvalue weighted by atomic mass is 16.5. The second-order valence-corrected chi connectivity index (χ2v) is 6.90. The molecule has 0 saturated carbocycles. The first-order valence-electron chi connectivity index (χ1n) is 9.67. The Kier molecular flexibility index (Phi) is 6.89. The first kappa shape index (κ1) is 20.5. The van der Waals surface area contributed by atoms with E-state index in [-0.39, 0.29) is 11.8 Å². The molecule has 1 aliphatic heterocycles. The van der Waals surface area contributed by atoms with Crippen LogP contribution in [0.25, 0.3) is 6.08 Å². The van der Waals surface area contributed by atoms with Gasteiger partial charge in [-0.3, -0.25) is 9.59 Å². The van der Waals surface area contributed by atoms with E-state index >= 15 is 0 Å². The molecule has 2 aromatic carbocycles. The number of rotatable bonds is 7. The van der Waals surface area contributed by atoms with E-state index in [4.69, 9.17) is 9.47 Å². The SMILES string of the molecule is COc1ccc(/C=C/C(=O)Nc2ccc(CC(=O)N3CCCC3)cc2)cc1OC. The van der Waals surface area contributed by atoms with Crippen LogP contribution in [0.4, 0.5) is 5.69 Å². The van der Waals surface area contributed by atoms with E-state index < -0.39 is 0 Å². The van der Waals surface area contributed by atoms with Crippen molar-refractivity contribution in [3.05, 3.63) is 59.7 Å². The van der Waals surface area contributed by atoms with Gasteiger partial charge in [-0.25, -0.2) is 0 Å². The van der Waals surface area contributed by atoms with E-state index in [0.29, 0.717) is 23.6 Å². The number of nitrogens with one attached hydrogen (secondary N) is 1. The number of benzene rings is 2. The minimum Gasteiger partial charge on any atom is -0.493 e. The van der Waals surface area contributed by atoms with Crippen LogP contribution < -0.4 is 14.8 Å². The number of anilines is 1. The Morgan fingerprint density at radius 1 is 1.00 bits per heavy atom. The maximum atomic E-state index is 12.2. The number of likely N-dealkylation sites (tertiary alicyclic amines) is 1. The van der Waals surface area contributed by atoms with Gasteiger partial charge in [0.05, 0.1) is 20.6 Å². The van der Waals surface area contributed by atoms with Crippen LogP contribution in [0.1, 0.15) is 24.0 Å². The summed E-state index contributed by atoms with van der Waals surface area (Å²) in [7, 11) is 3.15. The normalized spacial score (nSPS) is 13.5. The molecule has 1 N–H and O–H groups in total. The molecule has 0 radical (unpaired) electrons. The van der Waals surface area contributed by atoms with Crippen molar-refractivity contribution < 1.29 is 19.1 Å². The van der Waals surface area contributed by atoms with Crippen molar-refractivity contribution in [1.29, 1.82) is 0 Å². The van der Waals surface area contributed by atoms with Gasteiger partial charge in [0.25, 0.3) is 0 Å². The Balaban J connectivity index is 1.55. The van der Waals surface area contributed by atoms with Crippen molar-refractivity contribution in [2.75, 3.05) is 32.6 Å². The summed E-state index contributed by atoms with van der Waals surface area (Å²) in [6.07, 6.45) is 5.75. The molecule has 0 atom stereocenters. The van der Waals surface area contributed by atoms with Gasteiger partial charge in [-0.05, 0) is 54.3 Å². The molecule has 2 aromatic rings. The molecule has 1 fully saturated rings. The maximum absolute atomic E-state index is 12.2. The fourth-order valence-electron chi connectivity index (χ4n) is 3.27. The number of hydrogen-bond donors (Lipinski definition) is 1. The molecular weight excluding hydrogens is 368 g/mol. The predicted molar refractivity (Wildman–Crippen MR) is 113 cm³/mol. The Bertz CT molecular complexity index is 884. The molecule has 1 heterocycles. The third-order valence-electron chi connectivity index (χ3n) is 4.87. The highest BCUT2D eigenvalue weighted by Gasteiger charge is 2.17. The van der Waals surface area contributed by atoms with Gasteiger partial charge >= 0.3 is 0 Å². The van der Waals surface area contributed by atoms with Crippen molar-refractivity contribution in [1.82, 2.24) is 4.90 Å². The van der Waals surface area contributed by atoms with Gasteiger partial charge in [0.2, 0.25) is 11.8 Å². The molecule has 2 amide bonds. The fraction of sp³-hybridized carbons (Fsp3) is 0.304. The summed E-state index contributed by atoms with van der Waals surface area (Å²) in [5.74, 6) is 1.17. The lowest BCUT2D eigenvalue weighted by Crippen LogP contribution is -2.29. The first-order valence-corrected chi connectivity index (χ1v) is 9.67. The van der Waals surface area contributed by atoms with Crippen molar-refractivity contribution in [3.63, 3.8) is 0 Å². The van der Waals surface area contributed by atoms with E-state index in [2.05, 4.69) is 5.32 Å². The van der Waals surface area contributed by atoms with Crippen LogP contribution in [-0.2, 0) is 16.0 Å². The molecule has 0 aromatic heterocycles. The Morgan fingerprint density at radius 2 is 1.69 bits per heavy atom. The van der Waals surface area contributed by atoms with E-state index in [1.54, 1.807) is 32.4 Å². The zero-order valence-electron chi connectivity index (χ0n) is 16.8. The molecule has 0 spiro atoms. The molecule has 3 rings (SSSR count). The van der Waals surface area contributed by atoms with Crippen molar-refractivity contribution in [2.45, 2.75) is 19.3 Å². The lowest BCUT2D eigenvalue weighted by molar-refractivity contribution is -0.129. The number of carbonyl (C=O) groups excluding carboxylic acids is 2. The topological polar surface area (TPSA) is 67.9 Å². The number of amides is 2. The summed E-state index contributed by atoms with van der Waals surface area (Å²) in [5, 5.41) is 2.82. The monoisotopic (exact) mass is 394 g/mol. The molecule has 0 unspecified atom stereocenters. The summed E-state index contributed by atoms with van der Waals surface area (Å²) in [6.45, 7) is 1.72. The molecule has 152 valence electrons. The maximum Gasteiger partial charge on any atom is 0.248 e. The van der Waals surface area contributed by atoms with Gasteiger partial charge in [0, 0.05) is 24.9 Å². The quantitative estimate of drug-likeness (QED) is 0.730. The van der Waals surface area contributed by atoms with Crippen LogP contribution in [0, 0.1) is 0 Å². The fourth-order valence-corrected chi connectivity index (χ4v) is 3.27. The summed E-state index contributed by atoms with van der Waals surface area (Å²) in [5.41, 5.74) is 2.46. The van der Waals surface area contributed by atoms with Gasteiger partial charge in [-0.2, -0.15) is 0 Å². The molecule has 0 bridgehead atoms. The van der Waals surface area contributed by atoms with E-state index in [1.807, 2.05) is 35.2 Å². The van der Waals surface area contributed by atoms with Crippen LogP contribution >= 0.6 is 0 Å². The second kappa shape index (κ2) is 9.78. The summed E-state index contributed by atoms with van der Waals surface area (Å²) in [6, 6.07) is 12.8. The smallest absolute Gasteiger partial charge is 0.248 e. The minimum atomic E-state index is -0.235. The summed E-state index contributed by atoms with van der Waals surface area (Å²) in [4.78, 5) is 26.3. The van der Waals surface area contributed by atoms with Crippen LogP contribution in [-0.4, -0.2) is 44.0 Å². The average molecular weight is 394 g/mol. The standard InChI is InChI=1S/C23H26N2O4/c1-28-20-11-7-17(15-21(20)29-2)8-12-22(26)24-19-9-5-18(6-10-19)16-23(27)25-13-3-4-14-25/h5-12,15H,3-4,13-14,16H2,1-2H3,(H,24,26)/b12-8+. The molecule has 6 heteroatoms. The van der Waals surface area contributed by atoms with Crippen LogP contribution in [0.5, 0.6) is 11.5 Å². The number of carbonyl (C=O) groups is 2. The zero-order valence-corrected chi connectivity index (χ0v) is 16.8. The lowest BCUT2D eigenvalue weighted by Gasteiger charge is -2.15. The number of hydrogen-bond acceptors (Lipinski definition) is 4. The summed E-state index contributed by atoms with van der Waals surface area (Å²) < 4.78 is 10.5. The van der Waals surface area contributed by atoms with Gasteiger partial charge in [-0.1, -0.05) is 18.2 Å². The Hall–Kier alpha value is -3.28. The van der Waals surface area contributed by atoms with E-state index in [0.717, 1.165) is 37.1 Å². The Labute approximate surface area is 171 Å². The van der Waals surface area contributed by atoms with Crippen molar-refractivity contribution in [3.8, 4) is 11.5 Å². The lowest BCUT2D eigenvalue weighted by atomic mass is 10.1. The third kappa shape index (κ3) is 5.60. The third-order valence-corrected chi connectivity index (χ3v) is 4.87. The van der Waals surface area contributed by atoms with Gasteiger partial charge in [0.1, 0.15) is 0 Å². The minimum absolute atomic E-state index is 0.164. The molecule has 1 saturated heterocycles.